The van der Waals surface area contributed by atoms with Crippen LogP contribution in [-0.2, 0) is 19.6 Å². The van der Waals surface area contributed by atoms with Crippen molar-refractivity contribution < 1.29 is 18.0 Å². The summed E-state index contributed by atoms with van der Waals surface area (Å²) in [4.78, 5) is 28.6. The fourth-order valence-electron chi connectivity index (χ4n) is 4.49. The monoisotopic (exact) mass is 541 g/mol. The quantitative estimate of drug-likeness (QED) is 0.330. The molecule has 4 rings (SSSR count). The molecule has 0 spiro atoms. The second-order valence-electron chi connectivity index (χ2n) is 9.10. The Morgan fingerprint density at radius 2 is 1.68 bits per heavy atom. The third-order valence-electron chi connectivity index (χ3n) is 6.21. The smallest absolute Gasteiger partial charge is 0.252 e. The van der Waals surface area contributed by atoms with Crippen molar-refractivity contribution in [1.82, 2.24) is 20.3 Å². The number of sulfonamides is 1. The van der Waals surface area contributed by atoms with E-state index in [0.29, 0.717) is 31.7 Å². The Morgan fingerprint density at radius 1 is 1.05 bits per heavy atom. The zero-order chi connectivity index (χ0) is 26.4. The van der Waals surface area contributed by atoms with Crippen molar-refractivity contribution in [2.24, 2.45) is 5.92 Å². The van der Waals surface area contributed by atoms with E-state index in [1.165, 1.54) is 6.92 Å². The molecule has 37 heavy (non-hydrogen) atoms. The molecule has 2 aromatic carbocycles. The van der Waals surface area contributed by atoms with Gasteiger partial charge in [-0.15, -0.1) is 0 Å². The van der Waals surface area contributed by atoms with Crippen LogP contribution in [0.5, 0.6) is 0 Å². The van der Waals surface area contributed by atoms with Gasteiger partial charge in [-0.05, 0) is 24.5 Å². The van der Waals surface area contributed by atoms with E-state index < -0.39 is 16.1 Å². The molecule has 9 nitrogen and oxygen atoms in total. The van der Waals surface area contributed by atoms with Gasteiger partial charge in [-0.1, -0.05) is 72.0 Å². The van der Waals surface area contributed by atoms with Crippen molar-refractivity contribution in [3.8, 4) is 0 Å². The lowest BCUT2D eigenvalue weighted by molar-refractivity contribution is -0.125. The number of carbonyl (C=O) groups is 2. The normalized spacial score (nSPS) is 17.9. The van der Waals surface area contributed by atoms with Crippen LogP contribution in [0.1, 0.15) is 36.1 Å². The predicted molar refractivity (Wildman–Crippen MR) is 144 cm³/mol. The zero-order valence-corrected chi connectivity index (χ0v) is 22.4. The number of hydrogen-bond acceptors (Lipinski definition) is 7. The Kier molecular flexibility index (Phi) is 8.70. The first kappa shape index (κ1) is 26.9. The van der Waals surface area contributed by atoms with E-state index >= 15 is 0 Å². The minimum absolute atomic E-state index is 0.00399. The minimum atomic E-state index is -3.87. The highest BCUT2D eigenvalue weighted by Crippen LogP contribution is 2.28. The van der Waals surface area contributed by atoms with Crippen LogP contribution in [0.25, 0.3) is 0 Å². The molecular weight excluding hydrogens is 510 g/mol. The van der Waals surface area contributed by atoms with Gasteiger partial charge in [0.2, 0.25) is 11.8 Å². The van der Waals surface area contributed by atoms with Crippen molar-refractivity contribution in [2.45, 2.75) is 36.4 Å². The van der Waals surface area contributed by atoms with Crippen LogP contribution in [0.3, 0.4) is 0 Å². The topological polar surface area (TPSA) is 129 Å². The number of hydrogen-bond donors (Lipinski definition) is 4. The molecule has 0 unspecified atom stereocenters. The first-order valence-corrected chi connectivity index (χ1v) is 14.4. The number of rotatable bonds is 9. The maximum absolute atomic E-state index is 13.1. The second-order valence-corrected chi connectivity index (χ2v) is 12.0. The molecule has 2 heterocycles. The highest BCUT2D eigenvalue weighted by Gasteiger charge is 2.32. The number of anilines is 1. The SMILES string of the molecule is CC(=O)Nc1nc(C)c(S(=O)(=O)N[C@@H]2CNC[C@@H](C(=O)NCC(c3ccccc3)c3ccccc3)C2)s1. The Labute approximate surface area is 221 Å². The number of benzene rings is 2. The van der Waals surface area contributed by atoms with E-state index in [9.17, 15) is 18.0 Å². The Hall–Kier alpha value is -3.12. The molecule has 4 N–H and O–H groups in total. The molecule has 0 aliphatic carbocycles. The highest BCUT2D eigenvalue weighted by molar-refractivity contribution is 7.91. The standard InChI is InChI=1S/C26H31N5O4S2/c1-17-25(36-26(29-17)30-18(2)32)37(34,35)31-22-13-21(14-27-15-22)24(33)28-16-23(19-9-5-3-6-10-19)20-11-7-4-8-12-20/h3-12,21-23,27,31H,13-16H2,1-2H3,(H,28,33)(H,29,30,32)/t21-,22-/m0/s1. The fraction of sp³-hybridized carbons (Fsp3) is 0.346. The number of aromatic nitrogens is 1. The summed E-state index contributed by atoms with van der Waals surface area (Å²) < 4.78 is 28.8. The molecule has 1 saturated heterocycles. The van der Waals surface area contributed by atoms with E-state index in [2.05, 4.69) is 49.9 Å². The lowest BCUT2D eigenvalue weighted by Crippen LogP contribution is -2.52. The van der Waals surface area contributed by atoms with E-state index in [4.69, 9.17) is 0 Å². The molecule has 1 aromatic heterocycles. The van der Waals surface area contributed by atoms with Gasteiger partial charge in [0, 0.05) is 38.5 Å². The largest absolute Gasteiger partial charge is 0.355 e. The minimum Gasteiger partial charge on any atom is -0.355 e. The van der Waals surface area contributed by atoms with Crippen molar-refractivity contribution in [1.29, 1.82) is 0 Å². The van der Waals surface area contributed by atoms with Gasteiger partial charge < -0.3 is 16.0 Å². The molecule has 2 atom stereocenters. The number of nitrogens with one attached hydrogen (secondary N) is 4. The third kappa shape index (κ3) is 7.01. The first-order chi connectivity index (χ1) is 17.7. The number of thiazole rings is 1. The van der Waals surface area contributed by atoms with E-state index in [-0.39, 0.29) is 33.0 Å². The Morgan fingerprint density at radius 3 is 2.27 bits per heavy atom. The molecule has 2 amide bonds. The fourth-order valence-corrected chi connectivity index (χ4v) is 7.21. The van der Waals surface area contributed by atoms with Crippen LogP contribution in [-0.4, -0.2) is 50.9 Å². The second kappa shape index (κ2) is 12.0. The maximum Gasteiger partial charge on any atom is 0.252 e. The lowest BCUT2D eigenvalue weighted by atomic mass is 9.90. The molecule has 1 aliphatic rings. The predicted octanol–water partition coefficient (Wildman–Crippen LogP) is 2.61. The number of aryl methyl sites for hydroxylation is 1. The number of nitrogens with zero attached hydrogens (tertiary/aromatic N) is 1. The van der Waals surface area contributed by atoms with Gasteiger partial charge in [0.05, 0.1) is 11.6 Å². The van der Waals surface area contributed by atoms with Gasteiger partial charge >= 0.3 is 0 Å². The van der Waals surface area contributed by atoms with Crippen molar-refractivity contribution in [2.75, 3.05) is 25.0 Å². The van der Waals surface area contributed by atoms with Crippen LogP contribution >= 0.6 is 11.3 Å². The van der Waals surface area contributed by atoms with E-state index in [1.54, 1.807) is 6.92 Å². The Balaban J connectivity index is 1.39. The number of piperidine rings is 1. The summed E-state index contributed by atoms with van der Waals surface area (Å²) in [5, 5.41) is 9.02. The van der Waals surface area contributed by atoms with Gasteiger partial charge in [0.15, 0.2) is 9.34 Å². The van der Waals surface area contributed by atoms with Crippen LogP contribution < -0.4 is 20.7 Å². The molecule has 3 aromatic rings. The first-order valence-electron chi connectivity index (χ1n) is 12.1. The highest BCUT2D eigenvalue weighted by atomic mass is 32.2. The lowest BCUT2D eigenvalue weighted by Gasteiger charge is -2.30. The molecule has 0 saturated carbocycles. The summed E-state index contributed by atoms with van der Waals surface area (Å²) in [5.74, 6) is -0.816. The summed E-state index contributed by atoms with van der Waals surface area (Å²) in [6, 6.07) is 19.6. The van der Waals surface area contributed by atoms with Crippen LogP contribution in [0, 0.1) is 12.8 Å². The van der Waals surface area contributed by atoms with Crippen molar-refractivity contribution in [3.05, 3.63) is 77.5 Å². The summed E-state index contributed by atoms with van der Waals surface area (Å²) in [6.45, 7) is 4.24. The van der Waals surface area contributed by atoms with Gasteiger partial charge in [-0.2, -0.15) is 0 Å². The van der Waals surface area contributed by atoms with Crippen LogP contribution in [0.2, 0.25) is 0 Å². The molecular formula is C26H31N5O4S2. The third-order valence-corrected chi connectivity index (χ3v) is 9.41. The Bertz CT molecular complexity index is 1290. The average Bonchev–Trinajstić information content (AvgIpc) is 3.25. The average molecular weight is 542 g/mol. The van der Waals surface area contributed by atoms with Crippen LogP contribution in [0.4, 0.5) is 5.13 Å². The maximum atomic E-state index is 13.1. The van der Waals surface area contributed by atoms with Crippen LogP contribution in [0.15, 0.2) is 64.9 Å². The summed E-state index contributed by atoms with van der Waals surface area (Å²) in [7, 11) is -3.87. The van der Waals surface area contributed by atoms with Gasteiger partial charge in [0.1, 0.15) is 0 Å². The summed E-state index contributed by atoms with van der Waals surface area (Å²) in [5.41, 5.74) is 2.53. The molecule has 1 aliphatic heterocycles. The van der Waals surface area contributed by atoms with Gasteiger partial charge in [0.25, 0.3) is 10.0 Å². The molecule has 0 bridgehead atoms. The molecule has 11 heteroatoms. The van der Waals surface area contributed by atoms with Gasteiger partial charge in [-0.3, -0.25) is 9.59 Å². The number of amides is 2. The molecule has 1 fully saturated rings. The van der Waals surface area contributed by atoms with E-state index in [0.717, 1.165) is 22.5 Å². The van der Waals surface area contributed by atoms with Crippen molar-refractivity contribution in [3.63, 3.8) is 0 Å². The molecule has 0 radical (unpaired) electrons. The summed E-state index contributed by atoms with van der Waals surface area (Å²) >= 11 is 0.904. The summed E-state index contributed by atoms with van der Waals surface area (Å²) in [6.07, 6.45) is 0.371. The van der Waals surface area contributed by atoms with Gasteiger partial charge in [-0.25, -0.2) is 18.1 Å². The van der Waals surface area contributed by atoms with E-state index in [1.807, 2.05) is 36.4 Å². The number of carbonyl (C=O) groups excluding carboxylic acids is 2. The van der Waals surface area contributed by atoms with Crippen molar-refractivity contribution >= 4 is 38.3 Å². The molecule has 196 valence electrons. The zero-order valence-electron chi connectivity index (χ0n) is 20.7.